The Bertz CT molecular complexity index is 934. The van der Waals surface area contributed by atoms with Crippen molar-refractivity contribution in [3.8, 4) is 0 Å². The maximum absolute atomic E-state index is 12.8. The first-order valence-corrected chi connectivity index (χ1v) is 8.73. The number of alkyl halides is 3. The number of aryl methyl sites for hydroxylation is 1. The molecule has 3 nitrogen and oxygen atoms in total. The van der Waals surface area contributed by atoms with Crippen LogP contribution < -0.4 is 5.32 Å². The summed E-state index contributed by atoms with van der Waals surface area (Å²) in [4.78, 5) is 17.2. The van der Waals surface area contributed by atoms with E-state index in [1.807, 2.05) is 19.1 Å². The minimum absolute atomic E-state index is 0.142. The van der Waals surface area contributed by atoms with Crippen LogP contribution in [0.15, 0.2) is 54.7 Å². The van der Waals surface area contributed by atoms with Crippen LogP contribution >= 0.6 is 11.3 Å². The molecule has 3 aromatic rings. The summed E-state index contributed by atoms with van der Waals surface area (Å²) in [7, 11) is 0. The quantitative estimate of drug-likeness (QED) is 0.581. The molecule has 26 heavy (non-hydrogen) atoms. The van der Waals surface area contributed by atoms with Crippen molar-refractivity contribution in [2.45, 2.75) is 19.5 Å². The molecular formula is C19H15F3N2OS. The lowest BCUT2D eigenvalue weighted by Crippen LogP contribution is -2.05. The number of rotatable bonds is 5. The molecule has 1 heterocycles. The van der Waals surface area contributed by atoms with Crippen LogP contribution in [0.2, 0.25) is 0 Å². The number of carbonyl (C=O) groups excluding carboxylic acids is 1. The Kier molecular flexibility index (Phi) is 5.08. The van der Waals surface area contributed by atoms with Crippen LogP contribution in [0, 0.1) is 0 Å². The second kappa shape index (κ2) is 7.29. The number of hydrogen-bond acceptors (Lipinski definition) is 4. The smallest absolute Gasteiger partial charge is 0.332 e. The van der Waals surface area contributed by atoms with Crippen molar-refractivity contribution in [2.24, 2.45) is 0 Å². The molecule has 0 saturated carbocycles. The van der Waals surface area contributed by atoms with Gasteiger partial charge in [-0.2, -0.15) is 13.2 Å². The Morgan fingerprint density at radius 2 is 1.92 bits per heavy atom. The number of ketones is 1. The largest absolute Gasteiger partial charge is 0.416 e. The van der Waals surface area contributed by atoms with Gasteiger partial charge in [-0.3, -0.25) is 4.79 Å². The molecule has 0 bridgehead atoms. The van der Waals surface area contributed by atoms with Crippen LogP contribution in [0.25, 0.3) is 0 Å². The number of anilines is 2. The number of thiazole rings is 1. The Labute approximate surface area is 152 Å². The van der Waals surface area contributed by atoms with Crippen molar-refractivity contribution in [1.29, 1.82) is 0 Å². The predicted molar refractivity (Wildman–Crippen MR) is 96.1 cm³/mol. The van der Waals surface area contributed by atoms with E-state index >= 15 is 0 Å². The van der Waals surface area contributed by atoms with Crippen LogP contribution in [-0.2, 0) is 12.6 Å². The molecule has 1 aromatic heterocycles. The van der Waals surface area contributed by atoms with Gasteiger partial charge in [0.25, 0.3) is 0 Å². The first-order valence-electron chi connectivity index (χ1n) is 7.91. The summed E-state index contributed by atoms with van der Waals surface area (Å²) in [5.41, 5.74) is 1.08. The highest BCUT2D eigenvalue weighted by Gasteiger charge is 2.30. The SMILES string of the molecule is CCc1ccccc1C(=O)c1cnc(Nc2cccc(C(F)(F)F)c2)s1. The second-order valence-corrected chi connectivity index (χ2v) is 6.60. The van der Waals surface area contributed by atoms with E-state index in [2.05, 4.69) is 10.3 Å². The maximum Gasteiger partial charge on any atom is 0.416 e. The Balaban J connectivity index is 1.81. The molecule has 2 aromatic carbocycles. The molecule has 0 aliphatic carbocycles. The third kappa shape index (κ3) is 3.94. The van der Waals surface area contributed by atoms with Gasteiger partial charge < -0.3 is 5.32 Å². The maximum atomic E-state index is 12.8. The number of benzene rings is 2. The Morgan fingerprint density at radius 3 is 2.65 bits per heavy atom. The number of halogens is 3. The van der Waals surface area contributed by atoms with Crippen LogP contribution in [0.5, 0.6) is 0 Å². The summed E-state index contributed by atoms with van der Waals surface area (Å²) in [5, 5.41) is 3.19. The van der Waals surface area contributed by atoms with E-state index in [1.165, 1.54) is 18.3 Å². The Hall–Kier alpha value is -2.67. The summed E-state index contributed by atoms with van der Waals surface area (Å²) in [6, 6.07) is 12.2. The van der Waals surface area contributed by atoms with Crippen molar-refractivity contribution in [1.82, 2.24) is 4.98 Å². The fraction of sp³-hybridized carbons (Fsp3) is 0.158. The third-order valence-electron chi connectivity index (χ3n) is 3.81. The van der Waals surface area contributed by atoms with Gasteiger partial charge in [0.1, 0.15) is 0 Å². The van der Waals surface area contributed by atoms with Crippen molar-refractivity contribution >= 4 is 27.9 Å². The first kappa shape index (κ1) is 18.1. The van der Waals surface area contributed by atoms with Gasteiger partial charge in [0.05, 0.1) is 16.6 Å². The van der Waals surface area contributed by atoms with Gasteiger partial charge in [0.2, 0.25) is 5.78 Å². The lowest BCUT2D eigenvalue weighted by molar-refractivity contribution is -0.137. The van der Waals surface area contributed by atoms with E-state index in [4.69, 9.17) is 0 Å². The van der Waals surface area contributed by atoms with Crippen LogP contribution in [-0.4, -0.2) is 10.8 Å². The minimum Gasteiger partial charge on any atom is -0.332 e. The van der Waals surface area contributed by atoms with Gasteiger partial charge in [-0.05, 0) is 30.2 Å². The fourth-order valence-electron chi connectivity index (χ4n) is 2.52. The molecule has 0 aliphatic rings. The number of nitrogens with one attached hydrogen (secondary N) is 1. The summed E-state index contributed by atoms with van der Waals surface area (Å²) in [6.45, 7) is 1.97. The van der Waals surface area contributed by atoms with E-state index in [0.29, 0.717) is 15.6 Å². The van der Waals surface area contributed by atoms with Gasteiger partial charge in [-0.25, -0.2) is 4.98 Å². The number of nitrogens with zero attached hydrogens (tertiary/aromatic N) is 1. The molecule has 3 rings (SSSR count). The third-order valence-corrected chi connectivity index (χ3v) is 4.73. The summed E-state index contributed by atoms with van der Waals surface area (Å²) < 4.78 is 38.4. The molecule has 7 heteroatoms. The number of hydrogen-bond donors (Lipinski definition) is 1. The molecule has 0 radical (unpaired) electrons. The normalized spacial score (nSPS) is 11.4. The van der Waals surface area contributed by atoms with Gasteiger partial charge in [0.15, 0.2) is 5.13 Å². The predicted octanol–water partition coefficient (Wildman–Crippen LogP) is 5.70. The van der Waals surface area contributed by atoms with E-state index < -0.39 is 11.7 Å². The number of aromatic nitrogens is 1. The van der Waals surface area contributed by atoms with E-state index in [9.17, 15) is 18.0 Å². The molecule has 0 atom stereocenters. The molecule has 0 saturated heterocycles. The molecule has 134 valence electrons. The highest BCUT2D eigenvalue weighted by Crippen LogP contribution is 2.32. The lowest BCUT2D eigenvalue weighted by Gasteiger charge is -2.08. The molecule has 0 spiro atoms. The van der Waals surface area contributed by atoms with Crippen LogP contribution in [0.3, 0.4) is 0 Å². The zero-order valence-electron chi connectivity index (χ0n) is 13.8. The van der Waals surface area contributed by atoms with Crippen molar-refractivity contribution in [3.05, 3.63) is 76.3 Å². The second-order valence-electron chi connectivity index (χ2n) is 5.57. The monoisotopic (exact) mass is 376 g/mol. The zero-order valence-corrected chi connectivity index (χ0v) is 14.6. The molecule has 0 fully saturated rings. The fourth-order valence-corrected chi connectivity index (χ4v) is 3.31. The molecular weight excluding hydrogens is 361 g/mol. The van der Waals surface area contributed by atoms with E-state index in [0.717, 1.165) is 35.5 Å². The summed E-state index contributed by atoms with van der Waals surface area (Å²) >= 11 is 1.11. The van der Waals surface area contributed by atoms with Crippen LogP contribution in [0.4, 0.5) is 24.0 Å². The zero-order chi connectivity index (χ0) is 18.7. The van der Waals surface area contributed by atoms with Gasteiger partial charge in [0, 0.05) is 11.3 Å². The van der Waals surface area contributed by atoms with Crippen molar-refractivity contribution < 1.29 is 18.0 Å². The minimum atomic E-state index is -4.41. The summed E-state index contributed by atoms with van der Waals surface area (Å²) in [5.74, 6) is -0.142. The molecule has 1 N–H and O–H groups in total. The summed E-state index contributed by atoms with van der Waals surface area (Å²) in [6.07, 6.45) is -2.24. The lowest BCUT2D eigenvalue weighted by atomic mass is 10.0. The standard InChI is InChI=1S/C19H15F3N2OS/c1-2-12-6-3-4-9-15(12)17(25)16-11-23-18(26-16)24-14-8-5-7-13(10-14)19(20,21)22/h3-11H,2H2,1H3,(H,23,24). The Morgan fingerprint density at radius 1 is 1.15 bits per heavy atom. The van der Waals surface area contributed by atoms with Gasteiger partial charge in [-0.15, -0.1) is 0 Å². The van der Waals surface area contributed by atoms with Gasteiger partial charge >= 0.3 is 6.18 Å². The molecule has 0 aliphatic heterocycles. The topological polar surface area (TPSA) is 42.0 Å². The van der Waals surface area contributed by atoms with Crippen molar-refractivity contribution in [2.75, 3.05) is 5.32 Å². The first-order chi connectivity index (χ1) is 12.4. The van der Waals surface area contributed by atoms with Crippen molar-refractivity contribution in [3.63, 3.8) is 0 Å². The van der Waals surface area contributed by atoms with Crippen LogP contribution in [0.1, 0.15) is 33.3 Å². The van der Waals surface area contributed by atoms with E-state index in [1.54, 1.807) is 12.1 Å². The number of carbonyl (C=O) groups is 1. The van der Waals surface area contributed by atoms with Gasteiger partial charge in [-0.1, -0.05) is 48.6 Å². The highest BCUT2D eigenvalue weighted by atomic mass is 32.1. The van der Waals surface area contributed by atoms with E-state index in [-0.39, 0.29) is 11.5 Å². The highest BCUT2D eigenvalue weighted by molar-refractivity contribution is 7.17. The average Bonchev–Trinajstić information content (AvgIpc) is 3.09. The molecule has 0 amide bonds. The average molecular weight is 376 g/mol. The molecule has 0 unspecified atom stereocenters.